The molecule has 4 bridgehead atoms. The zero-order chi connectivity index (χ0) is 25.9. The van der Waals surface area contributed by atoms with E-state index in [0.717, 1.165) is 12.8 Å². The molecule has 0 radical (unpaired) electrons. The van der Waals surface area contributed by atoms with Gasteiger partial charge in [-0.15, -0.1) is 0 Å². The number of esters is 4. The van der Waals surface area contributed by atoms with Gasteiger partial charge in [-0.05, 0) is 72.5 Å². The monoisotopic (exact) mass is 506 g/mol. The molecule has 5 fully saturated rings. The number of rotatable bonds is 8. The quantitative estimate of drug-likeness (QED) is 0.212. The number of carbonyl (C=O) groups is 4. The molecule has 1 saturated heterocycles. The molecular formula is C27H38O9. The van der Waals surface area contributed by atoms with Gasteiger partial charge < -0.3 is 23.7 Å². The number of fused-ring (bicyclic) bond motifs is 4. The summed E-state index contributed by atoms with van der Waals surface area (Å²) in [7, 11) is 2.85. The van der Waals surface area contributed by atoms with Crippen LogP contribution < -0.4 is 0 Å². The number of hydrogen-bond acceptors (Lipinski definition) is 9. The highest BCUT2D eigenvalue weighted by atomic mass is 16.7. The first-order valence-electron chi connectivity index (χ1n) is 13.3. The van der Waals surface area contributed by atoms with Crippen molar-refractivity contribution in [3.63, 3.8) is 0 Å². The number of methoxy groups -OCH3 is 2. The Kier molecular flexibility index (Phi) is 6.91. The molecule has 0 aromatic rings. The van der Waals surface area contributed by atoms with Gasteiger partial charge in [0.2, 0.25) is 0 Å². The van der Waals surface area contributed by atoms with Crippen molar-refractivity contribution in [2.45, 2.75) is 40.0 Å². The van der Waals surface area contributed by atoms with Crippen LogP contribution in [0.4, 0.5) is 0 Å². The zero-order valence-corrected chi connectivity index (χ0v) is 21.7. The van der Waals surface area contributed by atoms with Crippen molar-refractivity contribution < 1.29 is 42.9 Å². The van der Waals surface area contributed by atoms with Crippen LogP contribution in [-0.2, 0) is 42.9 Å². The summed E-state index contributed by atoms with van der Waals surface area (Å²) in [6.45, 7) is 6.11. The van der Waals surface area contributed by atoms with E-state index in [1.54, 1.807) is 0 Å². The molecule has 13 atom stereocenters. The maximum atomic E-state index is 13.3. The molecule has 5 aliphatic rings. The lowest BCUT2D eigenvalue weighted by Crippen LogP contribution is -2.48. The second-order valence-electron chi connectivity index (χ2n) is 11.9. The summed E-state index contributed by atoms with van der Waals surface area (Å²) in [5.74, 6) is -3.11. The molecule has 13 unspecified atom stereocenters. The van der Waals surface area contributed by atoms with Gasteiger partial charge in [-0.1, -0.05) is 20.8 Å². The number of cyclic esters (lactones) is 2. The first-order valence-corrected chi connectivity index (χ1v) is 13.3. The number of hydrogen-bond donors (Lipinski definition) is 0. The van der Waals surface area contributed by atoms with E-state index in [9.17, 15) is 19.2 Å². The third kappa shape index (κ3) is 3.80. The lowest BCUT2D eigenvalue weighted by Gasteiger charge is -2.42. The Morgan fingerprint density at radius 3 is 1.81 bits per heavy atom. The summed E-state index contributed by atoms with van der Waals surface area (Å²) in [4.78, 5) is 52.6. The molecule has 4 saturated carbocycles. The van der Waals surface area contributed by atoms with E-state index in [1.807, 2.05) is 6.92 Å². The van der Waals surface area contributed by atoms with E-state index in [2.05, 4.69) is 13.8 Å². The molecule has 4 aliphatic carbocycles. The van der Waals surface area contributed by atoms with Crippen molar-refractivity contribution >= 4 is 23.9 Å². The van der Waals surface area contributed by atoms with Gasteiger partial charge in [0.15, 0.2) is 13.6 Å². The van der Waals surface area contributed by atoms with Crippen molar-refractivity contribution in [2.24, 2.45) is 76.9 Å². The maximum absolute atomic E-state index is 13.3. The fraction of sp³-hybridized carbons (Fsp3) is 0.852. The summed E-state index contributed by atoms with van der Waals surface area (Å²) in [6.07, 6.45) is 2.78. The first-order chi connectivity index (χ1) is 17.2. The molecule has 0 N–H and O–H groups in total. The summed E-state index contributed by atoms with van der Waals surface area (Å²) in [5.41, 5.74) is 0. The minimum atomic E-state index is -0.766. The molecule has 1 aliphatic heterocycles. The molecule has 0 aromatic carbocycles. The smallest absolute Gasteiger partial charge is 0.317 e. The Hall–Kier alpha value is -2.00. The fourth-order valence-electron chi connectivity index (χ4n) is 9.45. The molecule has 0 amide bonds. The SMILES string of the molecule is COCOC(=O)C1C2CC(C1C(=O)OCOC)C(C1C(=O)OC(=O)C1C1C3CC(C)C(C3)C1C)C2C. The Morgan fingerprint density at radius 1 is 0.750 bits per heavy atom. The Labute approximate surface area is 211 Å². The largest absolute Gasteiger partial charge is 0.438 e. The van der Waals surface area contributed by atoms with Gasteiger partial charge in [0, 0.05) is 14.2 Å². The predicted octanol–water partition coefficient (Wildman–Crippen LogP) is 2.66. The van der Waals surface area contributed by atoms with Crippen LogP contribution in [0.15, 0.2) is 0 Å². The second kappa shape index (κ2) is 9.71. The molecule has 1 heterocycles. The Balaban J connectivity index is 1.45. The molecule has 9 nitrogen and oxygen atoms in total. The summed E-state index contributed by atoms with van der Waals surface area (Å²) < 4.78 is 25.7. The van der Waals surface area contributed by atoms with Crippen molar-refractivity contribution in [3.05, 3.63) is 0 Å². The van der Waals surface area contributed by atoms with Crippen molar-refractivity contribution in [3.8, 4) is 0 Å². The average molecular weight is 507 g/mol. The molecule has 0 spiro atoms. The van der Waals surface area contributed by atoms with Gasteiger partial charge in [0.25, 0.3) is 0 Å². The van der Waals surface area contributed by atoms with Crippen LogP contribution in [0, 0.1) is 76.9 Å². The van der Waals surface area contributed by atoms with Crippen molar-refractivity contribution in [1.29, 1.82) is 0 Å². The number of carbonyl (C=O) groups excluding carboxylic acids is 4. The van der Waals surface area contributed by atoms with Gasteiger partial charge in [-0.25, -0.2) is 0 Å². The van der Waals surface area contributed by atoms with Crippen LogP contribution in [0.5, 0.6) is 0 Å². The lowest BCUT2D eigenvalue weighted by molar-refractivity contribution is -0.178. The van der Waals surface area contributed by atoms with Crippen LogP contribution in [0.3, 0.4) is 0 Å². The third-order valence-electron chi connectivity index (χ3n) is 10.6. The van der Waals surface area contributed by atoms with Gasteiger partial charge in [0.05, 0.1) is 23.7 Å². The summed E-state index contributed by atoms with van der Waals surface area (Å²) in [5, 5.41) is 0. The van der Waals surface area contributed by atoms with Crippen LogP contribution in [-0.4, -0.2) is 51.7 Å². The maximum Gasteiger partial charge on any atom is 0.317 e. The second-order valence-corrected chi connectivity index (χ2v) is 11.9. The minimum Gasteiger partial charge on any atom is -0.438 e. The standard InChI is InChI=1S/C27H38O9/c1-11-6-14-7-15(11)12(2)18(14)22-23(27(31)36-26(22)30)19-13(3)16-8-17(19)21(25(29)35-10-33-5)20(16)24(28)34-9-32-4/h11-23H,6-10H2,1-5H3. The normalized spacial score (nSPS) is 46.9. The van der Waals surface area contributed by atoms with E-state index >= 15 is 0 Å². The third-order valence-corrected chi connectivity index (χ3v) is 10.6. The minimum absolute atomic E-state index is 0.0552. The molecular weight excluding hydrogens is 468 g/mol. The fourth-order valence-corrected chi connectivity index (χ4v) is 9.45. The predicted molar refractivity (Wildman–Crippen MR) is 123 cm³/mol. The van der Waals surface area contributed by atoms with Crippen LogP contribution in [0.2, 0.25) is 0 Å². The van der Waals surface area contributed by atoms with Crippen molar-refractivity contribution in [1.82, 2.24) is 0 Å². The van der Waals surface area contributed by atoms with E-state index in [0.29, 0.717) is 30.1 Å². The highest BCUT2D eigenvalue weighted by Gasteiger charge is 2.68. The van der Waals surface area contributed by atoms with Crippen LogP contribution >= 0.6 is 0 Å². The Morgan fingerprint density at radius 2 is 1.28 bits per heavy atom. The molecule has 9 heteroatoms. The molecule has 0 aromatic heterocycles. The van der Waals surface area contributed by atoms with Crippen LogP contribution in [0.25, 0.3) is 0 Å². The summed E-state index contributed by atoms with van der Waals surface area (Å²) >= 11 is 0. The van der Waals surface area contributed by atoms with E-state index < -0.39 is 47.5 Å². The van der Waals surface area contributed by atoms with E-state index in [4.69, 9.17) is 23.7 Å². The van der Waals surface area contributed by atoms with Crippen LogP contribution in [0.1, 0.15) is 40.0 Å². The van der Waals surface area contributed by atoms with Crippen molar-refractivity contribution in [2.75, 3.05) is 27.8 Å². The van der Waals surface area contributed by atoms with Gasteiger partial charge in [-0.2, -0.15) is 0 Å². The van der Waals surface area contributed by atoms with Gasteiger partial charge in [0.1, 0.15) is 0 Å². The molecule has 36 heavy (non-hydrogen) atoms. The van der Waals surface area contributed by atoms with E-state index in [-0.39, 0.29) is 43.2 Å². The Bertz CT molecular complexity index is 915. The van der Waals surface area contributed by atoms with Gasteiger partial charge in [-0.3, -0.25) is 19.2 Å². The summed E-state index contributed by atoms with van der Waals surface area (Å²) in [6, 6.07) is 0. The molecule has 5 rings (SSSR count). The highest BCUT2D eigenvalue weighted by molar-refractivity contribution is 5.97. The lowest BCUT2D eigenvalue weighted by atomic mass is 9.59. The number of ether oxygens (including phenoxy) is 5. The average Bonchev–Trinajstić information content (AvgIpc) is 3.62. The topological polar surface area (TPSA) is 114 Å². The van der Waals surface area contributed by atoms with E-state index in [1.165, 1.54) is 14.2 Å². The first kappa shape index (κ1) is 25.6. The highest BCUT2D eigenvalue weighted by Crippen LogP contribution is 2.65. The molecule has 200 valence electrons. The van der Waals surface area contributed by atoms with Gasteiger partial charge >= 0.3 is 23.9 Å². The zero-order valence-electron chi connectivity index (χ0n) is 21.7.